The van der Waals surface area contributed by atoms with Crippen molar-refractivity contribution in [2.75, 3.05) is 11.9 Å². The average Bonchev–Trinajstić information content (AvgIpc) is 2.64. The number of amides is 1. The van der Waals surface area contributed by atoms with E-state index in [0.717, 1.165) is 11.6 Å². The van der Waals surface area contributed by atoms with Gasteiger partial charge in [0.05, 0.1) is 11.1 Å². The smallest absolute Gasteiger partial charge is 0.416 e. The molecule has 2 aromatic carbocycles. The summed E-state index contributed by atoms with van der Waals surface area (Å²) in [7, 11) is 0. The Kier molecular flexibility index (Phi) is 6.91. The van der Waals surface area contributed by atoms with Crippen LogP contribution in [-0.4, -0.2) is 18.5 Å². The number of carbonyl (C=O) groups is 2. The van der Waals surface area contributed by atoms with Crippen molar-refractivity contribution in [3.05, 3.63) is 70.8 Å². The molecule has 0 saturated heterocycles. The number of hydrogen-bond donors (Lipinski definition) is 1. The molecule has 4 nitrogen and oxygen atoms in total. The van der Waals surface area contributed by atoms with Crippen LogP contribution in [0.1, 0.15) is 22.3 Å². The van der Waals surface area contributed by atoms with Crippen LogP contribution in [0.2, 0.25) is 0 Å². The second kappa shape index (κ2) is 9.02. The van der Waals surface area contributed by atoms with Gasteiger partial charge >= 0.3 is 18.3 Å². The van der Waals surface area contributed by atoms with E-state index in [2.05, 4.69) is 4.74 Å². The van der Waals surface area contributed by atoms with Crippen molar-refractivity contribution >= 4 is 23.6 Å². The van der Waals surface area contributed by atoms with Crippen molar-refractivity contribution in [3.63, 3.8) is 0 Å². The Bertz CT molecular complexity index is 914. The molecule has 1 amide bonds. The Labute approximate surface area is 167 Å². The molecule has 0 spiro atoms. The Morgan fingerprint density at radius 3 is 1.97 bits per heavy atom. The Balaban J connectivity index is 2.01. The number of alkyl halides is 6. The quantitative estimate of drug-likeness (QED) is 0.401. The lowest BCUT2D eigenvalue weighted by molar-refractivity contribution is -0.143. The minimum atomic E-state index is -5.05. The van der Waals surface area contributed by atoms with E-state index in [1.54, 1.807) is 12.1 Å². The highest BCUT2D eigenvalue weighted by molar-refractivity contribution is 5.94. The summed E-state index contributed by atoms with van der Waals surface area (Å²) in [4.78, 5) is 23.4. The number of esters is 1. The summed E-state index contributed by atoms with van der Waals surface area (Å²) in [6, 6.07) is 7.73. The predicted octanol–water partition coefficient (Wildman–Crippen LogP) is 5.23. The third-order valence-electron chi connectivity index (χ3n) is 3.71. The zero-order valence-corrected chi connectivity index (χ0v) is 15.4. The number of carbonyl (C=O) groups excluding carboxylic acids is 2. The molecule has 2 rings (SSSR count). The highest BCUT2D eigenvalue weighted by Gasteiger charge is 2.37. The van der Waals surface area contributed by atoms with E-state index in [9.17, 15) is 35.9 Å². The summed E-state index contributed by atoms with van der Waals surface area (Å²) in [6.07, 6.45) is -7.64. The molecule has 0 aromatic heterocycles. The molecule has 0 unspecified atom stereocenters. The zero-order chi connectivity index (χ0) is 22.5. The molecule has 0 aliphatic carbocycles. The first-order chi connectivity index (χ1) is 13.8. The summed E-state index contributed by atoms with van der Waals surface area (Å²) in [5, 5.41) is 1.86. The maximum atomic E-state index is 12.8. The number of anilines is 1. The topological polar surface area (TPSA) is 55.4 Å². The molecule has 0 saturated carbocycles. The van der Waals surface area contributed by atoms with Gasteiger partial charge in [0.25, 0.3) is 5.91 Å². The second-order valence-electron chi connectivity index (χ2n) is 6.19. The molecule has 0 atom stereocenters. The van der Waals surface area contributed by atoms with Crippen LogP contribution in [0.15, 0.2) is 48.5 Å². The number of aryl methyl sites for hydroxylation is 1. The Morgan fingerprint density at radius 1 is 0.933 bits per heavy atom. The summed E-state index contributed by atoms with van der Waals surface area (Å²) in [5.41, 5.74) is -2.19. The maximum Gasteiger partial charge on any atom is 0.416 e. The monoisotopic (exact) mass is 431 g/mol. The van der Waals surface area contributed by atoms with E-state index in [4.69, 9.17) is 0 Å². The minimum absolute atomic E-state index is 0.0639. The largest absolute Gasteiger partial charge is 0.452 e. The predicted molar refractivity (Wildman–Crippen MR) is 96.2 cm³/mol. The first-order valence-electron chi connectivity index (χ1n) is 8.35. The SMILES string of the molecule is Cc1ccc(C=CC(=O)OCC(=O)Nc2cc(C(F)(F)F)cc(C(F)(F)F)c2)cc1. The molecule has 30 heavy (non-hydrogen) atoms. The van der Waals surface area contributed by atoms with E-state index in [-0.39, 0.29) is 6.07 Å². The van der Waals surface area contributed by atoms with Crippen molar-refractivity contribution in [1.29, 1.82) is 0 Å². The van der Waals surface area contributed by atoms with Crippen LogP contribution in [-0.2, 0) is 26.7 Å². The van der Waals surface area contributed by atoms with Crippen molar-refractivity contribution in [2.45, 2.75) is 19.3 Å². The zero-order valence-electron chi connectivity index (χ0n) is 15.4. The number of rotatable bonds is 5. The van der Waals surface area contributed by atoms with Gasteiger partial charge in [0.1, 0.15) is 0 Å². The van der Waals surface area contributed by atoms with Crippen LogP contribution in [0.5, 0.6) is 0 Å². The lowest BCUT2D eigenvalue weighted by atomic mass is 10.1. The van der Waals surface area contributed by atoms with Crippen molar-refractivity contribution in [3.8, 4) is 0 Å². The molecule has 10 heteroatoms. The van der Waals surface area contributed by atoms with E-state index in [0.29, 0.717) is 17.7 Å². The molecule has 0 heterocycles. The van der Waals surface area contributed by atoms with Crippen molar-refractivity contribution in [2.24, 2.45) is 0 Å². The summed E-state index contributed by atoms with van der Waals surface area (Å²) in [6.45, 7) is 0.983. The standard InChI is InChI=1S/C20H15F6NO3/c1-12-2-4-13(5-3-12)6-7-18(29)30-11-17(28)27-16-9-14(19(21,22)23)8-15(10-16)20(24,25)26/h2-10H,11H2,1H3,(H,27,28). The fourth-order valence-corrected chi connectivity index (χ4v) is 2.25. The molecule has 0 bridgehead atoms. The van der Waals surface area contributed by atoms with Gasteiger partial charge in [-0.15, -0.1) is 0 Å². The first-order valence-corrected chi connectivity index (χ1v) is 8.35. The number of benzene rings is 2. The summed E-state index contributed by atoms with van der Waals surface area (Å²) < 4.78 is 81.5. The fourth-order valence-electron chi connectivity index (χ4n) is 2.25. The lowest BCUT2D eigenvalue weighted by Gasteiger charge is -2.14. The van der Waals surface area contributed by atoms with E-state index < -0.39 is 47.7 Å². The third-order valence-corrected chi connectivity index (χ3v) is 3.71. The maximum absolute atomic E-state index is 12.8. The molecule has 1 N–H and O–H groups in total. The van der Waals surface area contributed by atoms with Crippen molar-refractivity contribution in [1.82, 2.24) is 0 Å². The minimum Gasteiger partial charge on any atom is -0.452 e. The van der Waals surface area contributed by atoms with Gasteiger partial charge in [-0.25, -0.2) is 4.79 Å². The number of nitrogens with one attached hydrogen (secondary N) is 1. The van der Waals surface area contributed by atoms with Gasteiger partial charge in [0.15, 0.2) is 6.61 Å². The van der Waals surface area contributed by atoms with Crippen LogP contribution < -0.4 is 5.32 Å². The molecule has 2 aromatic rings. The molecule has 0 aliphatic heterocycles. The fraction of sp³-hybridized carbons (Fsp3) is 0.200. The first kappa shape index (κ1) is 23.0. The molecule has 0 fully saturated rings. The van der Waals surface area contributed by atoms with Crippen LogP contribution in [0.4, 0.5) is 32.0 Å². The lowest BCUT2D eigenvalue weighted by Crippen LogP contribution is -2.21. The Morgan fingerprint density at radius 2 is 1.47 bits per heavy atom. The van der Waals surface area contributed by atoms with E-state index >= 15 is 0 Å². The number of ether oxygens (including phenoxy) is 1. The highest BCUT2D eigenvalue weighted by atomic mass is 19.4. The van der Waals surface area contributed by atoms with Crippen LogP contribution in [0.3, 0.4) is 0 Å². The van der Waals surface area contributed by atoms with Gasteiger partial charge in [-0.2, -0.15) is 26.3 Å². The molecule has 160 valence electrons. The molecular formula is C20H15F6NO3. The van der Waals surface area contributed by atoms with Crippen LogP contribution in [0, 0.1) is 6.92 Å². The van der Waals surface area contributed by atoms with Gasteiger partial charge in [-0.05, 0) is 36.8 Å². The van der Waals surface area contributed by atoms with Gasteiger partial charge in [0.2, 0.25) is 0 Å². The Hall–Kier alpha value is -3.30. The van der Waals surface area contributed by atoms with Gasteiger partial charge < -0.3 is 10.1 Å². The van der Waals surface area contributed by atoms with E-state index in [1.165, 1.54) is 6.08 Å². The van der Waals surface area contributed by atoms with Gasteiger partial charge in [0, 0.05) is 11.8 Å². The van der Waals surface area contributed by atoms with Crippen molar-refractivity contribution < 1.29 is 40.7 Å². The highest BCUT2D eigenvalue weighted by Crippen LogP contribution is 2.37. The molecule has 0 radical (unpaired) electrons. The van der Waals surface area contributed by atoms with Gasteiger partial charge in [-0.1, -0.05) is 29.8 Å². The van der Waals surface area contributed by atoms with Crippen LogP contribution in [0.25, 0.3) is 6.08 Å². The molecular weight excluding hydrogens is 416 g/mol. The molecule has 0 aliphatic rings. The van der Waals surface area contributed by atoms with E-state index in [1.807, 2.05) is 24.4 Å². The summed E-state index contributed by atoms with van der Waals surface area (Å²) in [5.74, 6) is -2.01. The normalized spacial score (nSPS) is 12.1. The second-order valence-corrected chi connectivity index (χ2v) is 6.19. The average molecular weight is 431 g/mol. The third kappa shape index (κ3) is 6.94. The summed E-state index contributed by atoms with van der Waals surface area (Å²) >= 11 is 0. The number of halogens is 6. The number of hydrogen-bond acceptors (Lipinski definition) is 3. The van der Waals surface area contributed by atoms with Crippen LogP contribution >= 0.6 is 0 Å². The van der Waals surface area contributed by atoms with Gasteiger partial charge in [-0.3, -0.25) is 4.79 Å².